The van der Waals surface area contributed by atoms with Gasteiger partial charge in [-0.2, -0.15) is 0 Å². The van der Waals surface area contributed by atoms with E-state index < -0.39 is 0 Å². The highest BCUT2D eigenvalue weighted by Crippen LogP contribution is 2.23. The number of amides is 4. The first-order valence-corrected chi connectivity index (χ1v) is 11.3. The number of nitrogens with zero attached hydrogens (tertiary/aromatic N) is 3. The van der Waals surface area contributed by atoms with Gasteiger partial charge in [0.1, 0.15) is 0 Å². The molecule has 8 nitrogen and oxygen atoms in total. The summed E-state index contributed by atoms with van der Waals surface area (Å²) in [6, 6.07) is 6.66. The molecule has 172 valence electrons. The van der Waals surface area contributed by atoms with E-state index in [9.17, 15) is 9.59 Å². The number of hydrogen-bond acceptors (Lipinski definition) is 4. The molecule has 8 heteroatoms. The van der Waals surface area contributed by atoms with Gasteiger partial charge in [-0.05, 0) is 50.3 Å². The van der Waals surface area contributed by atoms with Crippen molar-refractivity contribution >= 4 is 17.7 Å². The van der Waals surface area contributed by atoms with Crippen LogP contribution in [0.3, 0.4) is 0 Å². The number of rotatable bonds is 6. The monoisotopic (exact) mass is 431 g/mol. The summed E-state index contributed by atoms with van der Waals surface area (Å²) >= 11 is 0. The van der Waals surface area contributed by atoms with Crippen molar-refractivity contribution in [1.82, 2.24) is 20.0 Å². The van der Waals surface area contributed by atoms with Crippen LogP contribution >= 0.6 is 0 Å². The molecule has 0 bridgehead atoms. The van der Waals surface area contributed by atoms with E-state index in [-0.39, 0.29) is 12.1 Å². The molecule has 0 saturated carbocycles. The van der Waals surface area contributed by atoms with Crippen molar-refractivity contribution in [3.05, 3.63) is 29.3 Å². The highest BCUT2D eigenvalue weighted by atomic mass is 16.5. The van der Waals surface area contributed by atoms with E-state index in [1.807, 2.05) is 36.9 Å². The summed E-state index contributed by atoms with van der Waals surface area (Å²) in [6.45, 7) is 8.39. The molecule has 1 aromatic carbocycles. The molecule has 4 amide bonds. The van der Waals surface area contributed by atoms with Gasteiger partial charge in [0.15, 0.2) is 0 Å². The van der Waals surface area contributed by atoms with Crippen LogP contribution in [-0.2, 0) is 4.74 Å². The van der Waals surface area contributed by atoms with Gasteiger partial charge >= 0.3 is 12.1 Å². The summed E-state index contributed by atoms with van der Waals surface area (Å²) in [4.78, 5) is 30.9. The fraction of sp³-hybridized carbons (Fsp3) is 0.652. The summed E-state index contributed by atoms with van der Waals surface area (Å²) in [6.07, 6.45) is 2.95. The molecule has 2 heterocycles. The minimum absolute atomic E-state index is 0.0699. The van der Waals surface area contributed by atoms with Crippen LogP contribution in [0.1, 0.15) is 30.4 Å². The molecule has 1 atom stereocenters. The van der Waals surface area contributed by atoms with Crippen molar-refractivity contribution in [2.75, 3.05) is 58.8 Å². The maximum Gasteiger partial charge on any atom is 0.319 e. The van der Waals surface area contributed by atoms with Gasteiger partial charge in [0.05, 0.1) is 0 Å². The topological polar surface area (TPSA) is 77.2 Å². The van der Waals surface area contributed by atoms with E-state index in [1.165, 1.54) is 0 Å². The van der Waals surface area contributed by atoms with Crippen LogP contribution in [0.25, 0.3) is 0 Å². The number of hydrogen-bond donors (Lipinski definition) is 2. The second-order valence-electron chi connectivity index (χ2n) is 8.85. The fourth-order valence-electron chi connectivity index (χ4n) is 4.48. The smallest absolute Gasteiger partial charge is 0.319 e. The molecule has 0 aromatic heterocycles. The van der Waals surface area contributed by atoms with E-state index in [4.69, 9.17) is 4.74 Å². The fourth-order valence-corrected chi connectivity index (χ4v) is 4.48. The second-order valence-corrected chi connectivity index (χ2v) is 8.85. The number of carbonyl (C=O) groups is 2. The van der Waals surface area contributed by atoms with Crippen LogP contribution < -0.4 is 10.6 Å². The number of carbonyl (C=O) groups excluding carboxylic acids is 2. The van der Waals surface area contributed by atoms with Crippen molar-refractivity contribution in [2.45, 2.75) is 45.2 Å². The lowest BCUT2D eigenvalue weighted by molar-refractivity contribution is 0.0191. The Labute approximate surface area is 185 Å². The van der Waals surface area contributed by atoms with Gasteiger partial charge in [-0.1, -0.05) is 12.1 Å². The lowest BCUT2D eigenvalue weighted by Crippen LogP contribution is -2.50. The summed E-state index contributed by atoms with van der Waals surface area (Å²) < 4.78 is 5.56. The SMILES string of the molecule is Cc1ccc(C)c(NC(=O)NCCN(C2CCOCC2)C2CCN(C(=O)N(C)C)C2)c1. The van der Waals surface area contributed by atoms with Crippen LogP contribution in [-0.4, -0.2) is 92.3 Å². The van der Waals surface area contributed by atoms with Crippen molar-refractivity contribution < 1.29 is 14.3 Å². The quantitative estimate of drug-likeness (QED) is 0.726. The Hall–Kier alpha value is -2.32. The molecule has 31 heavy (non-hydrogen) atoms. The molecule has 2 fully saturated rings. The van der Waals surface area contributed by atoms with Gasteiger partial charge in [0, 0.05) is 71.3 Å². The zero-order chi connectivity index (χ0) is 22.4. The summed E-state index contributed by atoms with van der Waals surface area (Å²) in [5.41, 5.74) is 3.00. The number of likely N-dealkylation sites (tertiary alicyclic amines) is 1. The Kier molecular flexibility index (Phi) is 8.15. The van der Waals surface area contributed by atoms with Gasteiger partial charge in [-0.25, -0.2) is 9.59 Å². The molecule has 1 unspecified atom stereocenters. The minimum Gasteiger partial charge on any atom is -0.381 e. The first-order valence-electron chi connectivity index (χ1n) is 11.3. The third kappa shape index (κ3) is 6.33. The summed E-state index contributed by atoms with van der Waals surface area (Å²) in [5.74, 6) is 0. The minimum atomic E-state index is -0.184. The van der Waals surface area contributed by atoms with E-state index in [0.717, 1.165) is 68.9 Å². The average Bonchev–Trinajstić information content (AvgIpc) is 3.23. The molecular formula is C23H37N5O3. The second kappa shape index (κ2) is 10.8. The normalized spacial score (nSPS) is 19.5. The predicted molar refractivity (Wildman–Crippen MR) is 123 cm³/mol. The zero-order valence-corrected chi connectivity index (χ0v) is 19.3. The van der Waals surface area contributed by atoms with Crippen molar-refractivity contribution in [3.8, 4) is 0 Å². The molecule has 1 aromatic rings. The van der Waals surface area contributed by atoms with Gasteiger partial charge in [0.2, 0.25) is 0 Å². The van der Waals surface area contributed by atoms with Crippen LogP contribution in [0.5, 0.6) is 0 Å². The van der Waals surface area contributed by atoms with Gasteiger partial charge in [-0.3, -0.25) is 4.90 Å². The number of urea groups is 2. The Morgan fingerprint density at radius 3 is 2.58 bits per heavy atom. The highest BCUT2D eigenvalue weighted by Gasteiger charge is 2.34. The molecule has 2 aliphatic rings. The lowest BCUT2D eigenvalue weighted by Gasteiger charge is -2.38. The van der Waals surface area contributed by atoms with Gasteiger partial charge in [-0.15, -0.1) is 0 Å². The Bertz CT molecular complexity index is 764. The maximum absolute atomic E-state index is 12.5. The van der Waals surface area contributed by atoms with Crippen LogP contribution in [0.2, 0.25) is 0 Å². The first kappa shape index (κ1) is 23.3. The Morgan fingerprint density at radius 1 is 1.13 bits per heavy atom. The molecule has 0 radical (unpaired) electrons. The zero-order valence-electron chi connectivity index (χ0n) is 19.3. The number of anilines is 1. The molecule has 3 rings (SSSR count). The largest absolute Gasteiger partial charge is 0.381 e. The van der Waals surface area contributed by atoms with Crippen molar-refractivity contribution in [1.29, 1.82) is 0 Å². The predicted octanol–water partition coefficient (Wildman–Crippen LogP) is 2.66. The summed E-state index contributed by atoms with van der Waals surface area (Å²) in [5, 5.41) is 5.97. The standard InChI is InChI=1S/C23H37N5O3/c1-17-5-6-18(2)21(15-17)25-22(29)24-10-12-28(19-8-13-31-14-9-19)20-7-11-27(16-20)23(30)26(3)4/h5-6,15,19-20H,7-14,16H2,1-4H3,(H2,24,25,29). The number of aryl methyl sites for hydroxylation is 2. The van der Waals surface area contributed by atoms with Crippen molar-refractivity contribution in [2.24, 2.45) is 0 Å². The molecule has 0 spiro atoms. The highest BCUT2D eigenvalue weighted by molar-refractivity contribution is 5.90. The molecule has 0 aliphatic carbocycles. The van der Waals surface area contributed by atoms with Crippen LogP contribution in [0.15, 0.2) is 18.2 Å². The lowest BCUT2D eigenvalue weighted by atomic mass is 10.0. The molecular weight excluding hydrogens is 394 g/mol. The van der Waals surface area contributed by atoms with Gasteiger partial charge in [0.25, 0.3) is 0 Å². The third-order valence-electron chi connectivity index (χ3n) is 6.24. The van der Waals surface area contributed by atoms with Crippen LogP contribution in [0.4, 0.5) is 15.3 Å². The number of ether oxygens (including phenoxy) is 1. The number of benzene rings is 1. The molecule has 2 saturated heterocycles. The Morgan fingerprint density at radius 2 is 1.87 bits per heavy atom. The maximum atomic E-state index is 12.5. The van der Waals surface area contributed by atoms with Crippen LogP contribution in [0, 0.1) is 13.8 Å². The van der Waals surface area contributed by atoms with E-state index in [2.05, 4.69) is 15.5 Å². The third-order valence-corrected chi connectivity index (χ3v) is 6.24. The molecule has 2 aliphatic heterocycles. The van der Waals surface area contributed by atoms with E-state index in [1.54, 1.807) is 19.0 Å². The molecule has 2 N–H and O–H groups in total. The Balaban J connectivity index is 1.56. The van der Waals surface area contributed by atoms with Gasteiger partial charge < -0.3 is 25.2 Å². The van der Waals surface area contributed by atoms with E-state index >= 15 is 0 Å². The average molecular weight is 432 g/mol. The van der Waals surface area contributed by atoms with E-state index in [0.29, 0.717) is 18.6 Å². The number of nitrogens with one attached hydrogen (secondary N) is 2. The summed E-state index contributed by atoms with van der Waals surface area (Å²) in [7, 11) is 3.59. The van der Waals surface area contributed by atoms with Crippen molar-refractivity contribution in [3.63, 3.8) is 0 Å². The first-order chi connectivity index (χ1) is 14.8.